The minimum Gasteiger partial charge on any atom is -0.388 e. The SMILES string of the molecule is CCCC(O)(CCC)CN=C(NCC)NCCS(=O)Cc1ccccc1. The van der Waals surface area contributed by atoms with E-state index in [1.54, 1.807) is 0 Å². The molecule has 0 bridgehead atoms. The van der Waals surface area contributed by atoms with Crippen LogP contribution >= 0.6 is 0 Å². The molecule has 26 heavy (non-hydrogen) atoms. The highest BCUT2D eigenvalue weighted by molar-refractivity contribution is 7.84. The van der Waals surface area contributed by atoms with E-state index in [4.69, 9.17) is 0 Å². The number of guanidine groups is 1. The van der Waals surface area contributed by atoms with Crippen molar-refractivity contribution in [3.8, 4) is 0 Å². The summed E-state index contributed by atoms with van der Waals surface area (Å²) in [5.74, 6) is 1.81. The van der Waals surface area contributed by atoms with Crippen LogP contribution in [0.15, 0.2) is 35.3 Å². The molecule has 0 fully saturated rings. The number of hydrogen-bond acceptors (Lipinski definition) is 3. The van der Waals surface area contributed by atoms with E-state index in [0.29, 0.717) is 30.6 Å². The molecule has 1 aromatic rings. The molecule has 0 aliphatic heterocycles. The summed E-state index contributed by atoms with van der Waals surface area (Å²) < 4.78 is 12.2. The molecule has 0 aromatic heterocycles. The summed E-state index contributed by atoms with van der Waals surface area (Å²) in [5, 5.41) is 17.1. The van der Waals surface area contributed by atoms with Gasteiger partial charge in [0, 0.05) is 35.4 Å². The highest BCUT2D eigenvalue weighted by atomic mass is 32.2. The lowest BCUT2D eigenvalue weighted by Crippen LogP contribution is -2.41. The van der Waals surface area contributed by atoms with E-state index in [-0.39, 0.29) is 0 Å². The summed E-state index contributed by atoms with van der Waals surface area (Å²) in [4.78, 5) is 4.55. The first kappa shape index (κ1) is 22.6. The van der Waals surface area contributed by atoms with E-state index < -0.39 is 16.4 Å². The van der Waals surface area contributed by atoms with Crippen LogP contribution in [-0.2, 0) is 16.6 Å². The van der Waals surface area contributed by atoms with Crippen LogP contribution in [-0.4, -0.2) is 46.3 Å². The highest BCUT2D eigenvalue weighted by Gasteiger charge is 2.24. The zero-order valence-corrected chi connectivity index (χ0v) is 17.3. The Hall–Kier alpha value is -1.40. The Balaban J connectivity index is 2.49. The van der Waals surface area contributed by atoms with Crippen LogP contribution in [0.1, 0.15) is 52.0 Å². The number of aliphatic imine (C=N–C) groups is 1. The molecule has 3 N–H and O–H groups in total. The fraction of sp³-hybridized carbons (Fsp3) is 0.650. The normalized spacial score (nSPS) is 13.5. The van der Waals surface area contributed by atoms with Crippen LogP contribution in [0.5, 0.6) is 0 Å². The maximum absolute atomic E-state index is 12.2. The van der Waals surface area contributed by atoms with Crippen molar-refractivity contribution in [1.82, 2.24) is 10.6 Å². The molecule has 0 aliphatic carbocycles. The Morgan fingerprint density at radius 2 is 1.77 bits per heavy atom. The van der Waals surface area contributed by atoms with Crippen molar-refractivity contribution in [2.75, 3.05) is 25.4 Å². The molecule has 1 atom stereocenters. The predicted octanol–water partition coefficient (Wildman–Crippen LogP) is 2.82. The molecule has 0 amide bonds. The van der Waals surface area contributed by atoms with Crippen molar-refractivity contribution in [2.45, 2.75) is 57.8 Å². The fourth-order valence-electron chi connectivity index (χ4n) is 2.90. The third kappa shape index (κ3) is 9.34. The zero-order valence-electron chi connectivity index (χ0n) is 16.5. The van der Waals surface area contributed by atoms with Gasteiger partial charge in [-0.3, -0.25) is 9.20 Å². The van der Waals surface area contributed by atoms with Gasteiger partial charge in [0.25, 0.3) is 0 Å². The minimum absolute atomic E-state index is 0.386. The summed E-state index contributed by atoms with van der Waals surface area (Å²) in [7, 11) is -0.913. The first-order valence-electron chi connectivity index (χ1n) is 9.66. The van der Waals surface area contributed by atoms with Crippen LogP contribution in [0.25, 0.3) is 0 Å². The second kappa shape index (κ2) is 12.9. The van der Waals surface area contributed by atoms with Crippen LogP contribution in [0, 0.1) is 0 Å². The average Bonchev–Trinajstić information content (AvgIpc) is 2.61. The molecule has 1 aromatic carbocycles. The molecular weight excluding hydrogens is 346 g/mol. The molecule has 1 rings (SSSR count). The highest BCUT2D eigenvalue weighted by Crippen LogP contribution is 2.19. The van der Waals surface area contributed by atoms with Crippen molar-refractivity contribution in [3.05, 3.63) is 35.9 Å². The molecule has 148 valence electrons. The standard InChI is InChI=1S/C20H35N3O2S/c1-4-12-20(24,13-5-2)17-23-19(21-6-3)22-14-15-26(25)16-18-10-8-7-9-11-18/h7-11,24H,4-6,12-17H2,1-3H3,(H2,21,22,23). The average molecular weight is 382 g/mol. The minimum atomic E-state index is -0.913. The maximum Gasteiger partial charge on any atom is 0.191 e. The van der Waals surface area contributed by atoms with Gasteiger partial charge >= 0.3 is 0 Å². The molecule has 5 nitrogen and oxygen atoms in total. The number of benzene rings is 1. The predicted molar refractivity (Wildman–Crippen MR) is 112 cm³/mol. The first-order valence-corrected chi connectivity index (χ1v) is 11.1. The summed E-state index contributed by atoms with van der Waals surface area (Å²) in [5.41, 5.74) is 0.359. The van der Waals surface area contributed by atoms with E-state index in [0.717, 1.165) is 37.8 Å². The number of nitrogens with zero attached hydrogens (tertiary/aromatic N) is 1. The molecule has 0 radical (unpaired) electrons. The lowest BCUT2D eigenvalue weighted by Gasteiger charge is -2.26. The van der Waals surface area contributed by atoms with Gasteiger partial charge < -0.3 is 15.7 Å². The van der Waals surface area contributed by atoms with Crippen molar-refractivity contribution < 1.29 is 9.32 Å². The van der Waals surface area contributed by atoms with Gasteiger partial charge in [-0.1, -0.05) is 57.0 Å². The van der Waals surface area contributed by atoms with Crippen molar-refractivity contribution in [2.24, 2.45) is 4.99 Å². The second-order valence-electron chi connectivity index (χ2n) is 6.62. The number of rotatable bonds is 12. The molecule has 0 saturated heterocycles. The summed E-state index contributed by atoms with van der Waals surface area (Å²) in [6.45, 7) is 7.89. The number of nitrogens with one attached hydrogen (secondary N) is 2. The van der Waals surface area contributed by atoms with Gasteiger partial charge in [0.05, 0.1) is 12.1 Å². The third-order valence-electron chi connectivity index (χ3n) is 4.10. The molecule has 0 heterocycles. The van der Waals surface area contributed by atoms with Crippen molar-refractivity contribution in [1.29, 1.82) is 0 Å². The smallest absolute Gasteiger partial charge is 0.191 e. The Labute approximate surface area is 161 Å². The summed E-state index contributed by atoms with van der Waals surface area (Å²) in [6.07, 6.45) is 3.39. The quantitative estimate of drug-likeness (QED) is 0.384. The van der Waals surface area contributed by atoms with E-state index in [9.17, 15) is 9.32 Å². The Bertz CT molecular complexity index is 543. The Morgan fingerprint density at radius 3 is 2.35 bits per heavy atom. The van der Waals surface area contributed by atoms with Gasteiger partial charge in [0.2, 0.25) is 0 Å². The summed E-state index contributed by atoms with van der Waals surface area (Å²) in [6, 6.07) is 9.90. The van der Waals surface area contributed by atoms with Crippen LogP contribution in [0.2, 0.25) is 0 Å². The van der Waals surface area contributed by atoms with E-state index in [1.807, 2.05) is 37.3 Å². The lowest BCUT2D eigenvalue weighted by molar-refractivity contribution is 0.0306. The van der Waals surface area contributed by atoms with Crippen LogP contribution < -0.4 is 10.6 Å². The third-order valence-corrected chi connectivity index (χ3v) is 5.41. The van der Waals surface area contributed by atoms with Crippen LogP contribution in [0.3, 0.4) is 0 Å². The van der Waals surface area contributed by atoms with Gasteiger partial charge in [-0.2, -0.15) is 0 Å². The molecule has 1 unspecified atom stereocenters. The van der Waals surface area contributed by atoms with Crippen molar-refractivity contribution >= 4 is 16.8 Å². The van der Waals surface area contributed by atoms with Gasteiger partial charge in [0.1, 0.15) is 0 Å². The topological polar surface area (TPSA) is 73.7 Å². The molecule has 0 aliphatic rings. The zero-order chi connectivity index (χ0) is 19.3. The van der Waals surface area contributed by atoms with Gasteiger partial charge in [-0.25, -0.2) is 0 Å². The lowest BCUT2D eigenvalue weighted by atomic mass is 9.93. The van der Waals surface area contributed by atoms with Crippen LogP contribution in [0.4, 0.5) is 0 Å². The Morgan fingerprint density at radius 1 is 1.12 bits per heavy atom. The van der Waals surface area contributed by atoms with Gasteiger partial charge in [-0.05, 0) is 25.3 Å². The molecule has 6 heteroatoms. The van der Waals surface area contributed by atoms with E-state index in [1.165, 1.54) is 0 Å². The van der Waals surface area contributed by atoms with Gasteiger partial charge in [0.15, 0.2) is 5.96 Å². The van der Waals surface area contributed by atoms with Crippen molar-refractivity contribution in [3.63, 3.8) is 0 Å². The fourth-order valence-corrected chi connectivity index (χ4v) is 3.94. The maximum atomic E-state index is 12.2. The van der Waals surface area contributed by atoms with E-state index >= 15 is 0 Å². The van der Waals surface area contributed by atoms with E-state index in [2.05, 4.69) is 29.5 Å². The summed E-state index contributed by atoms with van der Waals surface area (Å²) >= 11 is 0. The second-order valence-corrected chi connectivity index (χ2v) is 8.20. The monoisotopic (exact) mass is 381 g/mol. The Kier molecular flexibility index (Phi) is 11.2. The van der Waals surface area contributed by atoms with Gasteiger partial charge in [-0.15, -0.1) is 0 Å². The molecule has 0 saturated carbocycles. The molecular formula is C20H35N3O2S. The number of hydrogen-bond donors (Lipinski definition) is 3. The number of aliphatic hydroxyl groups is 1. The molecule has 0 spiro atoms. The first-order chi connectivity index (χ1) is 12.5. The largest absolute Gasteiger partial charge is 0.388 e.